The van der Waals surface area contributed by atoms with Crippen LogP contribution in [0.3, 0.4) is 0 Å². The number of piperidine rings is 2. The summed E-state index contributed by atoms with van der Waals surface area (Å²) in [6, 6.07) is 0. The average molecular weight is 347 g/mol. The molecule has 138 valence electrons. The number of carbonyl (C=O) groups is 1. The van der Waals surface area contributed by atoms with Crippen LogP contribution in [-0.4, -0.2) is 56.3 Å². The van der Waals surface area contributed by atoms with Crippen molar-refractivity contribution in [2.24, 2.45) is 17.3 Å². The highest BCUT2D eigenvalue weighted by atomic mass is 19.4. The van der Waals surface area contributed by atoms with Crippen molar-refractivity contribution < 1.29 is 18.0 Å². The van der Waals surface area contributed by atoms with E-state index in [4.69, 9.17) is 0 Å². The van der Waals surface area contributed by atoms with E-state index in [9.17, 15) is 18.0 Å². The zero-order valence-electron chi connectivity index (χ0n) is 14.1. The van der Waals surface area contributed by atoms with Crippen molar-refractivity contribution in [2.75, 3.05) is 39.3 Å². The van der Waals surface area contributed by atoms with Gasteiger partial charge in [0.25, 0.3) is 0 Å². The number of carbonyl (C=O) groups excluding carboxylic acids is 1. The van der Waals surface area contributed by atoms with E-state index in [1.165, 1.54) is 4.90 Å². The van der Waals surface area contributed by atoms with Crippen LogP contribution in [0.15, 0.2) is 0 Å². The van der Waals surface area contributed by atoms with Crippen molar-refractivity contribution >= 4 is 5.91 Å². The fourth-order valence-electron chi connectivity index (χ4n) is 4.41. The number of likely N-dealkylation sites (tertiary alicyclic amines) is 1. The van der Waals surface area contributed by atoms with Crippen LogP contribution in [0.4, 0.5) is 13.2 Å². The Balaban J connectivity index is 1.30. The molecular formula is C17H28F3N3O. The lowest BCUT2D eigenvalue weighted by Crippen LogP contribution is -2.40. The SMILES string of the molecule is O=C(NCCC1CCN(CC(F)(F)F)CC1)C1CC12CCNCC2. The predicted molar refractivity (Wildman–Crippen MR) is 85.5 cm³/mol. The van der Waals surface area contributed by atoms with E-state index < -0.39 is 12.7 Å². The Hall–Kier alpha value is -0.820. The summed E-state index contributed by atoms with van der Waals surface area (Å²) in [6.07, 6.45) is 1.60. The molecule has 3 rings (SSSR count). The third-order valence-electron chi connectivity index (χ3n) is 6.07. The molecule has 24 heavy (non-hydrogen) atoms. The van der Waals surface area contributed by atoms with Gasteiger partial charge in [-0.3, -0.25) is 9.69 Å². The van der Waals surface area contributed by atoms with Gasteiger partial charge in [-0.2, -0.15) is 13.2 Å². The molecule has 1 atom stereocenters. The molecule has 0 radical (unpaired) electrons. The summed E-state index contributed by atoms with van der Waals surface area (Å²) < 4.78 is 37.1. The van der Waals surface area contributed by atoms with Crippen LogP contribution >= 0.6 is 0 Å². The molecule has 1 amide bonds. The van der Waals surface area contributed by atoms with E-state index in [0.717, 1.165) is 51.6 Å². The zero-order valence-corrected chi connectivity index (χ0v) is 14.1. The molecule has 1 spiro atoms. The van der Waals surface area contributed by atoms with E-state index in [-0.39, 0.29) is 17.2 Å². The second-order valence-electron chi connectivity index (χ2n) is 7.78. The topological polar surface area (TPSA) is 44.4 Å². The third kappa shape index (κ3) is 4.63. The van der Waals surface area contributed by atoms with Crippen molar-refractivity contribution in [1.82, 2.24) is 15.5 Å². The van der Waals surface area contributed by atoms with Gasteiger partial charge in [-0.25, -0.2) is 0 Å². The maximum Gasteiger partial charge on any atom is 0.401 e. The van der Waals surface area contributed by atoms with Crippen molar-refractivity contribution in [3.05, 3.63) is 0 Å². The first kappa shape index (κ1) is 18.0. The molecular weight excluding hydrogens is 319 g/mol. The Morgan fingerprint density at radius 1 is 1.21 bits per heavy atom. The largest absolute Gasteiger partial charge is 0.401 e. The summed E-state index contributed by atoms with van der Waals surface area (Å²) in [5.41, 5.74) is 0.262. The molecule has 4 nitrogen and oxygen atoms in total. The first-order valence-corrected chi connectivity index (χ1v) is 9.15. The van der Waals surface area contributed by atoms with Gasteiger partial charge in [0.05, 0.1) is 6.54 Å². The van der Waals surface area contributed by atoms with Gasteiger partial charge in [0.2, 0.25) is 5.91 Å². The monoisotopic (exact) mass is 347 g/mol. The highest BCUT2D eigenvalue weighted by Crippen LogP contribution is 2.58. The molecule has 2 N–H and O–H groups in total. The van der Waals surface area contributed by atoms with Crippen molar-refractivity contribution in [2.45, 2.75) is 44.7 Å². The van der Waals surface area contributed by atoms with Gasteiger partial charge in [0.15, 0.2) is 0 Å². The Bertz CT molecular complexity index is 441. The minimum Gasteiger partial charge on any atom is -0.356 e. The number of nitrogens with one attached hydrogen (secondary N) is 2. The maximum atomic E-state index is 12.4. The minimum absolute atomic E-state index is 0.186. The number of hydrogen-bond donors (Lipinski definition) is 2. The van der Waals surface area contributed by atoms with Gasteiger partial charge in [-0.15, -0.1) is 0 Å². The van der Waals surface area contributed by atoms with Crippen LogP contribution < -0.4 is 10.6 Å². The van der Waals surface area contributed by atoms with Gasteiger partial charge in [0, 0.05) is 12.5 Å². The van der Waals surface area contributed by atoms with Crippen LogP contribution in [0.2, 0.25) is 0 Å². The van der Waals surface area contributed by atoms with Gasteiger partial charge in [0.1, 0.15) is 0 Å². The molecule has 0 aromatic rings. The van der Waals surface area contributed by atoms with Gasteiger partial charge in [-0.05, 0) is 76.0 Å². The molecule has 2 saturated heterocycles. The number of hydrogen-bond acceptors (Lipinski definition) is 3. The molecule has 7 heteroatoms. The van der Waals surface area contributed by atoms with Gasteiger partial charge in [-0.1, -0.05) is 0 Å². The van der Waals surface area contributed by atoms with Crippen LogP contribution in [0.25, 0.3) is 0 Å². The normalized spacial score (nSPS) is 28.0. The van der Waals surface area contributed by atoms with E-state index >= 15 is 0 Å². The van der Waals surface area contributed by atoms with Gasteiger partial charge < -0.3 is 10.6 Å². The van der Waals surface area contributed by atoms with E-state index in [1.54, 1.807) is 0 Å². The van der Waals surface area contributed by atoms with Crippen molar-refractivity contribution in [1.29, 1.82) is 0 Å². The molecule has 1 aliphatic carbocycles. The minimum atomic E-state index is -4.10. The van der Waals surface area contributed by atoms with Crippen LogP contribution in [0.5, 0.6) is 0 Å². The number of rotatable bonds is 5. The molecule has 0 bridgehead atoms. The van der Waals surface area contributed by atoms with Crippen LogP contribution in [0, 0.1) is 17.3 Å². The molecule has 1 unspecified atom stereocenters. The first-order valence-electron chi connectivity index (χ1n) is 9.15. The Kier molecular flexibility index (Phi) is 5.39. The Morgan fingerprint density at radius 3 is 2.50 bits per heavy atom. The number of halogens is 3. The van der Waals surface area contributed by atoms with Crippen molar-refractivity contribution in [3.8, 4) is 0 Å². The second-order valence-corrected chi connectivity index (χ2v) is 7.78. The maximum absolute atomic E-state index is 12.4. The van der Waals surface area contributed by atoms with E-state index in [2.05, 4.69) is 10.6 Å². The lowest BCUT2D eigenvalue weighted by molar-refractivity contribution is -0.148. The zero-order chi connectivity index (χ0) is 17.2. The highest BCUT2D eigenvalue weighted by Gasteiger charge is 2.57. The fourth-order valence-corrected chi connectivity index (χ4v) is 4.41. The summed E-state index contributed by atoms with van der Waals surface area (Å²) >= 11 is 0. The Morgan fingerprint density at radius 2 is 1.88 bits per heavy atom. The van der Waals surface area contributed by atoms with Crippen molar-refractivity contribution in [3.63, 3.8) is 0 Å². The summed E-state index contributed by atoms with van der Waals surface area (Å²) in [5.74, 6) is 0.807. The summed E-state index contributed by atoms with van der Waals surface area (Å²) in [6.45, 7) is 2.91. The van der Waals surface area contributed by atoms with Gasteiger partial charge >= 0.3 is 6.18 Å². The summed E-state index contributed by atoms with van der Waals surface area (Å²) in [7, 11) is 0. The summed E-state index contributed by atoms with van der Waals surface area (Å²) in [5, 5.41) is 6.40. The predicted octanol–water partition coefficient (Wildman–Crippen LogP) is 2.16. The number of amides is 1. The molecule has 2 aliphatic heterocycles. The molecule has 1 saturated carbocycles. The Labute approximate surface area is 141 Å². The molecule has 3 aliphatic rings. The van der Waals surface area contributed by atoms with E-state index in [1.807, 2.05) is 0 Å². The second kappa shape index (κ2) is 7.20. The molecule has 2 heterocycles. The number of alkyl halides is 3. The van der Waals surface area contributed by atoms with E-state index in [0.29, 0.717) is 25.6 Å². The molecule has 0 aromatic heterocycles. The van der Waals surface area contributed by atoms with Crippen LogP contribution in [0.1, 0.15) is 38.5 Å². The molecule has 3 fully saturated rings. The smallest absolute Gasteiger partial charge is 0.356 e. The molecule has 0 aromatic carbocycles. The lowest BCUT2D eigenvalue weighted by Gasteiger charge is -2.32. The lowest BCUT2D eigenvalue weighted by atomic mass is 9.91. The quantitative estimate of drug-likeness (QED) is 0.801. The average Bonchev–Trinajstić information content (AvgIpc) is 3.21. The standard InChI is InChI=1S/C17H28F3N3O/c18-17(19,20)12-23-9-2-13(3-10-23)1-6-22-15(24)14-11-16(14)4-7-21-8-5-16/h13-14,21H,1-12H2,(H,22,24). The first-order chi connectivity index (χ1) is 11.4. The number of nitrogens with zero attached hydrogens (tertiary/aromatic N) is 1. The fraction of sp³-hybridized carbons (Fsp3) is 0.941. The van der Waals surface area contributed by atoms with Crippen LogP contribution in [-0.2, 0) is 4.79 Å². The third-order valence-corrected chi connectivity index (χ3v) is 6.07. The highest BCUT2D eigenvalue weighted by molar-refractivity contribution is 5.82. The summed E-state index contributed by atoms with van der Waals surface area (Å²) in [4.78, 5) is 13.8.